The quantitative estimate of drug-likeness (QED) is 0.440. The number of nitrogens with zero attached hydrogens (tertiary/aromatic N) is 1. The van der Waals surface area contributed by atoms with Gasteiger partial charge in [-0.2, -0.15) is 0 Å². The molecule has 0 aliphatic heterocycles. The van der Waals surface area contributed by atoms with Crippen LogP contribution in [0.2, 0.25) is 0 Å². The molecule has 0 saturated carbocycles. The number of nitrogens with two attached hydrogens (primary N) is 1. The molecule has 0 bridgehead atoms. The summed E-state index contributed by atoms with van der Waals surface area (Å²) < 4.78 is 13.3. The number of nitrogens with one attached hydrogen (secondary N) is 2. The first-order valence-electron chi connectivity index (χ1n) is 8.52. The molecule has 0 aliphatic rings. The number of carbonyl (C=O) groups excluding carboxylic acids is 1. The molecule has 1 amide bonds. The van der Waals surface area contributed by atoms with Crippen LogP contribution in [0.25, 0.3) is 0 Å². The number of benzene rings is 2. The average Bonchev–Trinajstić information content (AvgIpc) is 2.98. The summed E-state index contributed by atoms with van der Waals surface area (Å²) >= 11 is 0. The van der Waals surface area contributed by atoms with Gasteiger partial charge in [0.25, 0.3) is 5.91 Å². The van der Waals surface area contributed by atoms with Gasteiger partial charge in [-0.3, -0.25) is 10.2 Å². The van der Waals surface area contributed by atoms with E-state index >= 15 is 0 Å². The fourth-order valence-electron chi connectivity index (χ4n) is 2.97. The topological polar surface area (TPSA) is 86.0 Å². The molecule has 3 aromatic rings. The highest BCUT2D eigenvalue weighted by molar-refractivity contribution is 6.07. The predicted octanol–water partition coefficient (Wildman–Crippen LogP) is 4.32. The molecule has 0 aliphatic carbocycles. The first kappa shape index (κ1) is 21.2. The van der Waals surface area contributed by atoms with Gasteiger partial charge in [-0.05, 0) is 49.7 Å². The summed E-state index contributed by atoms with van der Waals surface area (Å²) in [6, 6.07) is 14.8. The van der Waals surface area contributed by atoms with Crippen molar-refractivity contribution < 1.29 is 9.18 Å². The maximum atomic E-state index is 13.3. The summed E-state index contributed by atoms with van der Waals surface area (Å²) in [4.78, 5) is 18.0. The zero-order valence-electron chi connectivity index (χ0n) is 15.6. The Morgan fingerprint density at radius 3 is 2.21 bits per heavy atom. The molecule has 2 aromatic carbocycles. The van der Waals surface area contributed by atoms with E-state index in [9.17, 15) is 9.18 Å². The number of rotatable bonds is 5. The van der Waals surface area contributed by atoms with E-state index in [0.29, 0.717) is 23.4 Å². The molecule has 0 fully saturated rings. The van der Waals surface area contributed by atoms with Crippen LogP contribution in [0, 0.1) is 25.1 Å². The number of aryl methyl sites for hydroxylation is 2. The third-order valence-corrected chi connectivity index (χ3v) is 4.37. The van der Waals surface area contributed by atoms with Crippen molar-refractivity contribution in [3.8, 4) is 0 Å². The van der Waals surface area contributed by atoms with Crippen LogP contribution < -0.4 is 10.6 Å². The van der Waals surface area contributed by atoms with Crippen LogP contribution in [-0.2, 0) is 6.54 Å². The minimum absolute atomic E-state index is 0. The van der Waals surface area contributed by atoms with Gasteiger partial charge in [-0.15, -0.1) is 12.4 Å². The van der Waals surface area contributed by atoms with Gasteiger partial charge >= 0.3 is 0 Å². The van der Waals surface area contributed by atoms with Gasteiger partial charge in [0.05, 0.1) is 12.1 Å². The fourth-order valence-corrected chi connectivity index (χ4v) is 2.97. The standard InChI is InChI=1S/C21H21FN4O.ClH/c1-13-11-19(14(2)25-13)21(27)26(18-9-7-17(22)8-10-18)12-15-3-5-16(6-4-15)20(23)24;/h3-11,25H,12H2,1-2H3,(H3,23,24);1H. The number of halogens is 2. The number of aromatic nitrogens is 1. The van der Waals surface area contributed by atoms with Crippen LogP contribution in [0.15, 0.2) is 54.6 Å². The molecule has 4 N–H and O–H groups in total. The van der Waals surface area contributed by atoms with E-state index in [0.717, 1.165) is 17.0 Å². The van der Waals surface area contributed by atoms with Crippen molar-refractivity contribution in [1.29, 1.82) is 5.41 Å². The Bertz CT molecular complexity index is 981. The largest absolute Gasteiger partial charge is 0.384 e. The monoisotopic (exact) mass is 400 g/mol. The Morgan fingerprint density at radius 2 is 1.71 bits per heavy atom. The lowest BCUT2D eigenvalue weighted by Gasteiger charge is -2.23. The summed E-state index contributed by atoms with van der Waals surface area (Å²) in [7, 11) is 0. The highest BCUT2D eigenvalue weighted by Crippen LogP contribution is 2.23. The van der Waals surface area contributed by atoms with Gasteiger partial charge in [-0.1, -0.05) is 24.3 Å². The maximum absolute atomic E-state index is 13.3. The molecule has 3 rings (SSSR count). The van der Waals surface area contributed by atoms with E-state index in [1.54, 1.807) is 29.2 Å². The van der Waals surface area contributed by atoms with Crippen molar-refractivity contribution in [2.24, 2.45) is 5.73 Å². The number of amides is 1. The van der Waals surface area contributed by atoms with Crippen LogP contribution in [0.3, 0.4) is 0 Å². The average molecular weight is 401 g/mol. The molecule has 28 heavy (non-hydrogen) atoms. The van der Waals surface area contributed by atoms with Crippen LogP contribution in [0.5, 0.6) is 0 Å². The van der Waals surface area contributed by atoms with E-state index in [4.69, 9.17) is 11.1 Å². The number of H-pyrrole nitrogens is 1. The van der Waals surface area contributed by atoms with Crippen molar-refractivity contribution in [2.75, 3.05) is 4.90 Å². The molecule has 0 radical (unpaired) electrons. The molecule has 7 heteroatoms. The summed E-state index contributed by atoms with van der Waals surface area (Å²) in [6.07, 6.45) is 0. The van der Waals surface area contributed by atoms with Crippen molar-refractivity contribution >= 4 is 29.8 Å². The van der Waals surface area contributed by atoms with Crippen LogP contribution in [-0.4, -0.2) is 16.7 Å². The van der Waals surface area contributed by atoms with Gasteiger partial charge < -0.3 is 15.6 Å². The van der Waals surface area contributed by atoms with Crippen molar-refractivity contribution in [3.63, 3.8) is 0 Å². The second kappa shape index (κ2) is 8.71. The lowest BCUT2D eigenvalue weighted by atomic mass is 10.1. The predicted molar refractivity (Wildman–Crippen MR) is 112 cm³/mol. The smallest absolute Gasteiger partial charge is 0.260 e. The molecule has 0 saturated heterocycles. The normalized spacial score (nSPS) is 10.2. The van der Waals surface area contributed by atoms with E-state index in [1.165, 1.54) is 12.1 Å². The third-order valence-electron chi connectivity index (χ3n) is 4.37. The Kier molecular flexibility index (Phi) is 6.59. The summed E-state index contributed by atoms with van der Waals surface area (Å²) in [6.45, 7) is 4.06. The highest BCUT2D eigenvalue weighted by Gasteiger charge is 2.21. The Balaban J connectivity index is 0.00000280. The van der Waals surface area contributed by atoms with E-state index < -0.39 is 0 Å². The minimum atomic E-state index is -0.356. The van der Waals surface area contributed by atoms with Crippen LogP contribution in [0.1, 0.15) is 32.9 Å². The Hall–Kier alpha value is -3.12. The molecular formula is C21H22ClFN4O. The van der Waals surface area contributed by atoms with E-state index in [2.05, 4.69) is 4.98 Å². The van der Waals surface area contributed by atoms with Crippen LogP contribution >= 0.6 is 12.4 Å². The first-order chi connectivity index (χ1) is 12.8. The fraction of sp³-hybridized carbons (Fsp3) is 0.143. The number of amidine groups is 1. The number of hydrogen-bond acceptors (Lipinski definition) is 2. The number of carbonyl (C=O) groups is 1. The molecule has 1 heterocycles. The van der Waals surface area contributed by atoms with Gasteiger partial charge in [-0.25, -0.2) is 4.39 Å². The zero-order valence-corrected chi connectivity index (χ0v) is 16.4. The Morgan fingerprint density at radius 1 is 1.11 bits per heavy atom. The SMILES string of the molecule is Cc1cc(C(=O)N(Cc2ccc(C(=N)N)cc2)c2ccc(F)cc2)c(C)[nH]1.Cl. The summed E-state index contributed by atoms with van der Waals surface area (Å²) in [5.41, 5.74) is 9.87. The van der Waals surface area contributed by atoms with E-state index in [-0.39, 0.29) is 30.0 Å². The molecule has 0 atom stereocenters. The van der Waals surface area contributed by atoms with Crippen molar-refractivity contribution in [2.45, 2.75) is 20.4 Å². The number of anilines is 1. The maximum Gasteiger partial charge on any atom is 0.260 e. The van der Waals surface area contributed by atoms with Crippen LogP contribution in [0.4, 0.5) is 10.1 Å². The highest BCUT2D eigenvalue weighted by atomic mass is 35.5. The van der Waals surface area contributed by atoms with Gasteiger partial charge in [0, 0.05) is 22.6 Å². The molecular weight excluding hydrogens is 379 g/mol. The molecule has 1 aromatic heterocycles. The molecule has 0 spiro atoms. The summed E-state index contributed by atoms with van der Waals surface area (Å²) in [5.74, 6) is -0.531. The molecule has 146 valence electrons. The van der Waals surface area contributed by atoms with Gasteiger partial charge in [0.2, 0.25) is 0 Å². The second-order valence-electron chi connectivity index (χ2n) is 6.47. The first-order valence-corrected chi connectivity index (χ1v) is 8.52. The van der Waals surface area contributed by atoms with Crippen molar-refractivity contribution in [1.82, 2.24) is 4.98 Å². The number of aromatic amines is 1. The molecule has 0 unspecified atom stereocenters. The van der Waals surface area contributed by atoms with E-state index in [1.807, 2.05) is 32.0 Å². The van der Waals surface area contributed by atoms with Gasteiger partial charge in [0.15, 0.2) is 0 Å². The minimum Gasteiger partial charge on any atom is -0.384 e. The zero-order chi connectivity index (χ0) is 19.6. The number of hydrogen-bond donors (Lipinski definition) is 3. The van der Waals surface area contributed by atoms with Crippen molar-refractivity contribution in [3.05, 3.63) is 88.5 Å². The lowest BCUT2D eigenvalue weighted by molar-refractivity contribution is 0.0984. The van der Waals surface area contributed by atoms with Gasteiger partial charge in [0.1, 0.15) is 11.7 Å². The molecule has 5 nitrogen and oxygen atoms in total. The second-order valence-corrected chi connectivity index (χ2v) is 6.47. The summed E-state index contributed by atoms with van der Waals surface area (Å²) in [5, 5.41) is 7.48. The third kappa shape index (κ3) is 4.58. The lowest BCUT2D eigenvalue weighted by Crippen LogP contribution is -2.30. The Labute approximate surface area is 169 Å². The number of nitrogen functional groups attached to an aromatic ring is 1.